The van der Waals surface area contributed by atoms with Gasteiger partial charge in [0.25, 0.3) is 0 Å². The molecule has 2 aromatic carbocycles. The standard InChI is InChI=1S/C16H12ClN5S2/c1-10(15-19-20-21-22(15)12-5-3-2-4-6-12)23-16-18-13-9-11(17)7-8-14(13)24-16/h2-10H,1H3. The van der Waals surface area contributed by atoms with Gasteiger partial charge in [-0.2, -0.15) is 4.68 Å². The van der Waals surface area contributed by atoms with Crippen molar-refractivity contribution in [2.45, 2.75) is 16.5 Å². The van der Waals surface area contributed by atoms with Gasteiger partial charge in [0.1, 0.15) is 0 Å². The van der Waals surface area contributed by atoms with Gasteiger partial charge < -0.3 is 0 Å². The van der Waals surface area contributed by atoms with Crippen molar-refractivity contribution in [1.29, 1.82) is 0 Å². The third-order valence-electron chi connectivity index (χ3n) is 3.47. The molecule has 0 radical (unpaired) electrons. The van der Waals surface area contributed by atoms with Crippen LogP contribution in [0.2, 0.25) is 5.02 Å². The maximum absolute atomic E-state index is 6.03. The van der Waals surface area contributed by atoms with E-state index in [-0.39, 0.29) is 5.25 Å². The number of hydrogen-bond acceptors (Lipinski definition) is 6. The van der Waals surface area contributed by atoms with Gasteiger partial charge >= 0.3 is 0 Å². The van der Waals surface area contributed by atoms with E-state index in [1.54, 1.807) is 27.8 Å². The molecule has 0 N–H and O–H groups in total. The number of para-hydroxylation sites is 1. The lowest BCUT2D eigenvalue weighted by atomic mass is 10.3. The minimum atomic E-state index is 0.0660. The minimum absolute atomic E-state index is 0.0660. The average Bonchev–Trinajstić information content (AvgIpc) is 3.21. The Morgan fingerprint density at radius 1 is 1.17 bits per heavy atom. The molecule has 0 aliphatic rings. The molecule has 0 aliphatic carbocycles. The molecular formula is C16H12ClN5S2. The van der Waals surface area contributed by atoms with Crippen molar-refractivity contribution in [3.05, 3.63) is 59.4 Å². The van der Waals surface area contributed by atoms with E-state index < -0.39 is 0 Å². The van der Waals surface area contributed by atoms with Crippen molar-refractivity contribution in [1.82, 2.24) is 25.2 Å². The van der Waals surface area contributed by atoms with Crippen LogP contribution in [0.4, 0.5) is 0 Å². The second-order valence-electron chi connectivity index (χ2n) is 5.14. The third-order valence-corrected chi connectivity index (χ3v) is 5.93. The van der Waals surface area contributed by atoms with Crippen LogP contribution in [0.1, 0.15) is 18.0 Å². The normalized spacial score (nSPS) is 12.6. The first-order valence-corrected chi connectivity index (χ1v) is 9.34. The van der Waals surface area contributed by atoms with Crippen LogP contribution >= 0.6 is 34.7 Å². The molecule has 2 aromatic heterocycles. The number of hydrogen-bond donors (Lipinski definition) is 0. The summed E-state index contributed by atoms with van der Waals surface area (Å²) in [6.45, 7) is 2.08. The summed E-state index contributed by atoms with van der Waals surface area (Å²) in [6.07, 6.45) is 0. The lowest BCUT2D eigenvalue weighted by molar-refractivity contribution is 0.763. The summed E-state index contributed by atoms with van der Waals surface area (Å²) >= 11 is 9.32. The number of fused-ring (bicyclic) bond motifs is 1. The van der Waals surface area contributed by atoms with Crippen LogP contribution < -0.4 is 0 Å². The van der Waals surface area contributed by atoms with Gasteiger partial charge in [0.15, 0.2) is 10.2 Å². The van der Waals surface area contributed by atoms with Gasteiger partial charge in [0, 0.05) is 5.02 Å². The predicted octanol–water partition coefficient (Wildman–Crippen LogP) is 4.78. The van der Waals surface area contributed by atoms with E-state index in [0.717, 1.165) is 26.1 Å². The Balaban J connectivity index is 1.62. The Bertz CT molecular complexity index is 982. The molecule has 120 valence electrons. The zero-order valence-corrected chi connectivity index (χ0v) is 15.0. The molecule has 1 unspecified atom stereocenters. The fourth-order valence-corrected chi connectivity index (χ4v) is 4.78. The van der Waals surface area contributed by atoms with Gasteiger partial charge in [-0.15, -0.1) is 16.4 Å². The van der Waals surface area contributed by atoms with Crippen LogP contribution in [0, 0.1) is 0 Å². The first kappa shape index (κ1) is 15.6. The molecule has 0 saturated carbocycles. The maximum atomic E-state index is 6.03. The molecule has 4 aromatic rings. The first-order chi connectivity index (χ1) is 11.7. The zero-order chi connectivity index (χ0) is 16.5. The number of rotatable bonds is 4. The van der Waals surface area contributed by atoms with Gasteiger partial charge in [-0.1, -0.05) is 41.6 Å². The maximum Gasteiger partial charge on any atom is 0.169 e. The molecule has 0 aliphatic heterocycles. The summed E-state index contributed by atoms with van der Waals surface area (Å²) in [5, 5.41) is 12.9. The van der Waals surface area contributed by atoms with E-state index >= 15 is 0 Å². The number of thioether (sulfide) groups is 1. The number of halogens is 1. The molecule has 5 nitrogen and oxygen atoms in total. The number of nitrogens with zero attached hydrogens (tertiary/aromatic N) is 5. The minimum Gasteiger partial charge on any atom is -0.230 e. The molecule has 0 spiro atoms. The van der Waals surface area contributed by atoms with Crippen LogP contribution in [0.3, 0.4) is 0 Å². The highest BCUT2D eigenvalue weighted by molar-refractivity contribution is 8.01. The zero-order valence-electron chi connectivity index (χ0n) is 12.6. The largest absolute Gasteiger partial charge is 0.230 e. The van der Waals surface area contributed by atoms with Crippen molar-refractivity contribution < 1.29 is 0 Å². The molecule has 1 atom stereocenters. The topological polar surface area (TPSA) is 56.5 Å². The van der Waals surface area contributed by atoms with Crippen molar-refractivity contribution in [3.63, 3.8) is 0 Å². The summed E-state index contributed by atoms with van der Waals surface area (Å²) in [4.78, 5) is 4.65. The highest BCUT2D eigenvalue weighted by Crippen LogP contribution is 2.38. The van der Waals surface area contributed by atoms with Crippen molar-refractivity contribution >= 4 is 44.9 Å². The Hall–Kier alpha value is -1.96. The number of benzene rings is 2. The lowest BCUT2D eigenvalue weighted by Crippen LogP contribution is -2.04. The van der Waals surface area contributed by atoms with Crippen molar-refractivity contribution in [3.8, 4) is 5.69 Å². The second-order valence-corrected chi connectivity index (χ2v) is 8.19. The summed E-state index contributed by atoms with van der Waals surface area (Å²) in [6, 6.07) is 15.6. The number of thiazole rings is 1. The fourth-order valence-electron chi connectivity index (χ4n) is 2.33. The Morgan fingerprint density at radius 2 is 2.00 bits per heavy atom. The van der Waals surface area contributed by atoms with Gasteiger partial charge in [-0.3, -0.25) is 0 Å². The highest BCUT2D eigenvalue weighted by Gasteiger charge is 2.19. The molecule has 0 amide bonds. The van der Waals surface area contributed by atoms with Gasteiger partial charge in [0.05, 0.1) is 21.2 Å². The molecule has 0 saturated heterocycles. The number of tetrazole rings is 1. The van der Waals surface area contributed by atoms with E-state index in [4.69, 9.17) is 11.6 Å². The van der Waals surface area contributed by atoms with E-state index in [9.17, 15) is 0 Å². The predicted molar refractivity (Wildman–Crippen MR) is 98.1 cm³/mol. The average molecular weight is 374 g/mol. The van der Waals surface area contributed by atoms with E-state index in [1.165, 1.54) is 0 Å². The molecule has 0 bridgehead atoms. The SMILES string of the molecule is CC(Sc1nc2cc(Cl)ccc2s1)c1nnnn1-c1ccccc1. The van der Waals surface area contributed by atoms with Gasteiger partial charge in [0.2, 0.25) is 0 Å². The Kier molecular flexibility index (Phi) is 4.22. The molecule has 24 heavy (non-hydrogen) atoms. The quantitative estimate of drug-likeness (QED) is 0.482. The molecular weight excluding hydrogens is 362 g/mol. The van der Waals surface area contributed by atoms with Crippen LogP contribution in [-0.2, 0) is 0 Å². The van der Waals surface area contributed by atoms with Crippen LogP contribution in [0.15, 0.2) is 52.9 Å². The molecule has 8 heteroatoms. The van der Waals surface area contributed by atoms with Gasteiger partial charge in [-0.05, 0) is 47.7 Å². The van der Waals surface area contributed by atoms with Crippen molar-refractivity contribution in [2.24, 2.45) is 0 Å². The molecule has 2 heterocycles. The third kappa shape index (κ3) is 3.02. The fraction of sp³-hybridized carbons (Fsp3) is 0.125. The summed E-state index contributed by atoms with van der Waals surface area (Å²) < 4.78 is 3.86. The van der Waals surface area contributed by atoms with Crippen LogP contribution in [0.25, 0.3) is 15.9 Å². The Labute approximate surface area is 151 Å². The van der Waals surface area contributed by atoms with E-state index in [1.807, 2.05) is 48.5 Å². The summed E-state index contributed by atoms with van der Waals surface area (Å²) in [5.41, 5.74) is 1.87. The molecule has 4 rings (SSSR count). The number of aromatic nitrogens is 5. The lowest BCUT2D eigenvalue weighted by Gasteiger charge is -2.09. The van der Waals surface area contributed by atoms with E-state index in [0.29, 0.717) is 5.02 Å². The monoisotopic (exact) mass is 373 g/mol. The summed E-state index contributed by atoms with van der Waals surface area (Å²) in [7, 11) is 0. The first-order valence-electron chi connectivity index (χ1n) is 7.27. The smallest absolute Gasteiger partial charge is 0.169 e. The van der Waals surface area contributed by atoms with Crippen LogP contribution in [0.5, 0.6) is 0 Å². The van der Waals surface area contributed by atoms with Crippen LogP contribution in [-0.4, -0.2) is 25.2 Å². The highest BCUT2D eigenvalue weighted by atomic mass is 35.5. The molecule has 0 fully saturated rings. The van der Waals surface area contributed by atoms with Crippen molar-refractivity contribution in [2.75, 3.05) is 0 Å². The van der Waals surface area contributed by atoms with E-state index in [2.05, 4.69) is 27.4 Å². The summed E-state index contributed by atoms with van der Waals surface area (Å²) in [5.74, 6) is 0.795. The second kappa shape index (κ2) is 6.51. The van der Waals surface area contributed by atoms with Gasteiger partial charge in [-0.25, -0.2) is 4.98 Å². The Morgan fingerprint density at radius 3 is 2.83 bits per heavy atom.